The fourth-order valence-electron chi connectivity index (χ4n) is 3.47. The number of anilines is 1. The van der Waals surface area contributed by atoms with Gasteiger partial charge in [-0.15, -0.1) is 0 Å². The Kier molecular flexibility index (Phi) is 4.80. The molecule has 1 N–H and O–H groups in total. The Balaban J connectivity index is 1.84. The molecule has 2 heterocycles. The second kappa shape index (κ2) is 7.14. The van der Waals surface area contributed by atoms with Crippen molar-refractivity contribution in [3.63, 3.8) is 0 Å². The molecule has 148 valence electrons. The van der Waals surface area contributed by atoms with E-state index in [-0.39, 0.29) is 20.7 Å². The number of aromatic nitrogens is 1. The first-order chi connectivity index (χ1) is 13.4. The number of rotatable bonds is 4. The smallest absolute Gasteiger partial charge is 0.319 e. The van der Waals surface area contributed by atoms with E-state index in [1.165, 1.54) is 12.1 Å². The number of nitrogens with one attached hydrogen (secondary N) is 1. The van der Waals surface area contributed by atoms with Gasteiger partial charge < -0.3 is 10.2 Å². The fraction of sp³-hybridized carbons (Fsp3) is 0.263. The average Bonchev–Trinajstić information content (AvgIpc) is 3.08. The van der Waals surface area contributed by atoms with Gasteiger partial charge in [-0.3, -0.25) is 4.57 Å². The quantitative estimate of drug-likeness (QED) is 0.718. The highest BCUT2D eigenvalue weighted by Crippen LogP contribution is 2.34. The van der Waals surface area contributed by atoms with Gasteiger partial charge in [0.2, 0.25) is 9.84 Å². The average molecular weight is 409 g/mol. The second-order valence-corrected chi connectivity index (χ2v) is 8.50. The lowest BCUT2D eigenvalue weighted by Gasteiger charge is -2.29. The standard InChI is InChI=1S/C19H18F3N3O2S/c20-13-4-5-17-16(10-13)18(12-25(17)19(21)22)28(26,27)15-3-1-2-14(11-15)24-8-6-23-7-9-24/h1-5,10-12,19,23H,6-9H2. The van der Waals surface area contributed by atoms with E-state index >= 15 is 0 Å². The first-order valence-corrected chi connectivity index (χ1v) is 10.3. The summed E-state index contributed by atoms with van der Waals surface area (Å²) in [4.78, 5) is 1.71. The lowest BCUT2D eigenvalue weighted by Crippen LogP contribution is -2.43. The predicted molar refractivity (Wildman–Crippen MR) is 100 cm³/mol. The van der Waals surface area contributed by atoms with Crippen LogP contribution in [-0.2, 0) is 9.84 Å². The zero-order valence-corrected chi connectivity index (χ0v) is 15.6. The maximum atomic E-state index is 13.7. The SMILES string of the molecule is O=S(=O)(c1cccc(N2CCNCC2)c1)c1cn(C(F)F)c2ccc(F)cc12. The number of piperazine rings is 1. The minimum atomic E-state index is -4.12. The van der Waals surface area contributed by atoms with E-state index in [2.05, 4.69) is 10.2 Å². The van der Waals surface area contributed by atoms with Crippen LogP contribution in [0.2, 0.25) is 0 Å². The molecule has 0 spiro atoms. The highest BCUT2D eigenvalue weighted by Gasteiger charge is 2.26. The first kappa shape index (κ1) is 18.8. The molecular formula is C19H18F3N3O2S. The second-order valence-electron chi connectivity index (χ2n) is 6.58. The molecule has 0 radical (unpaired) electrons. The van der Waals surface area contributed by atoms with Crippen molar-refractivity contribution < 1.29 is 21.6 Å². The van der Waals surface area contributed by atoms with Gasteiger partial charge in [0.15, 0.2) is 0 Å². The largest absolute Gasteiger partial charge is 0.369 e. The van der Waals surface area contributed by atoms with Crippen molar-refractivity contribution in [2.75, 3.05) is 31.1 Å². The van der Waals surface area contributed by atoms with Gasteiger partial charge in [-0.25, -0.2) is 12.8 Å². The lowest BCUT2D eigenvalue weighted by atomic mass is 10.2. The number of halogens is 3. The van der Waals surface area contributed by atoms with E-state index in [9.17, 15) is 21.6 Å². The Morgan fingerprint density at radius 2 is 1.79 bits per heavy atom. The normalized spacial score (nSPS) is 15.5. The van der Waals surface area contributed by atoms with Crippen LogP contribution in [0, 0.1) is 5.82 Å². The van der Waals surface area contributed by atoms with Crippen molar-refractivity contribution >= 4 is 26.4 Å². The van der Waals surface area contributed by atoms with E-state index in [4.69, 9.17) is 0 Å². The van der Waals surface area contributed by atoms with Crippen molar-refractivity contribution in [2.45, 2.75) is 16.3 Å². The summed E-state index contributed by atoms with van der Waals surface area (Å²) in [6, 6.07) is 9.55. The molecule has 0 unspecified atom stereocenters. The van der Waals surface area contributed by atoms with E-state index in [0.717, 1.165) is 56.3 Å². The van der Waals surface area contributed by atoms with Crippen molar-refractivity contribution in [3.8, 4) is 0 Å². The number of sulfone groups is 1. The van der Waals surface area contributed by atoms with Gasteiger partial charge in [0.05, 0.1) is 15.3 Å². The number of fused-ring (bicyclic) bond motifs is 1. The third kappa shape index (κ3) is 3.24. The molecule has 0 atom stereocenters. The highest BCUT2D eigenvalue weighted by molar-refractivity contribution is 7.91. The Labute approximate surface area is 160 Å². The van der Waals surface area contributed by atoms with E-state index < -0.39 is 22.2 Å². The minimum absolute atomic E-state index is 0.0129. The molecule has 0 amide bonds. The third-order valence-electron chi connectivity index (χ3n) is 4.87. The summed E-state index contributed by atoms with van der Waals surface area (Å²) < 4.78 is 67.4. The Hall–Kier alpha value is -2.52. The number of nitrogens with zero attached hydrogens (tertiary/aromatic N) is 2. The van der Waals surface area contributed by atoms with Crippen LogP contribution >= 0.6 is 0 Å². The van der Waals surface area contributed by atoms with Gasteiger partial charge in [-0.1, -0.05) is 6.07 Å². The summed E-state index contributed by atoms with van der Waals surface area (Å²) in [6.07, 6.45) is 0.877. The van der Waals surface area contributed by atoms with Gasteiger partial charge in [0.25, 0.3) is 0 Å². The molecule has 0 saturated carbocycles. The molecule has 2 aromatic carbocycles. The van der Waals surface area contributed by atoms with E-state index in [1.807, 2.05) is 6.07 Å². The molecule has 5 nitrogen and oxygen atoms in total. The number of hydrogen-bond acceptors (Lipinski definition) is 4. The zero-order valence-electron chi connectivity index (χ0n) is 14.8. The first-order valence-electron chi connectivity index (χ1n) is 8.77. The van der Waals surface area contributed by atoms with E-state index in [1.54, 1.807) is 6.07 Å². The summed E-state index contributed by atoms with van der Waals surface area (Å²) in [5.41, 5.74) is 0.708. The third-order valence-corrected chi connectivity index (χ3v) is 6.65. The van der Waals surface area contributed by atoms with Gasteiger partial charge in [0.1, 0.15) is 5.82 Å². The zero-order chi connectivity index (χ0) is 19.9. The summed E-state index contributed by atoms with van der Waals surface area (Å²) in [5, 5.41) is 3.16. The van der Waals surface area contributed by atoms with Crippen LogP contribution in [0.1, 0.15) is 6.55 Å². The summed E-state index contributed by atoms with van der Waals surface area (Å²) >= 11 is 0. The Morgan fingerprint density at radius 1 is 1.04 bits per heavy atom. The molecule has 1 aliphatic heterocycles. The van der Waals surface area contributed by atoms with Crippen LogP contribution < -0.4 is 10.2 Å². The number of alkyl halides is 2. The van der Waals surface area contributed by atoms with Crippen LogP contribution in [0.5, 0.6) is 0 Å². The van der Waals surface area contributed by atoms with Crippen LogP contribution in [0.25, 0.3) is 10.9 Å². The van der Waals surface area contributed by atoms with Gasteiger partial charge in [-0.2, -0.15) is 8.78 Å². The monoisotopic (exact) mass is 409 g/mol. The van der Waals surface area contributed by atoms with Crippen molar-refractivity contribution in [1.29, 1.82) is 0 Å². The highest BCUT2D eigenvalue weighted by atomic mass is 32.2. The molecule has 0 bridgehead atoms. The summed E-state index contributed by atoms with van der Waals surface area (Å²) in [7, 11) is -4.12. The lowest BCUT2D eigenvalue weighted by molar-refractivity contribution is 0.0748. The topological polar surface area (TPSA) is 54.3 Å². The maximum absolute atomic E-state index is 13.7. The van der Waals surface area contributed by atoms with Crippen molar-refractivity contribution in [1.82, 2.24) is 9.88 Å². The van der Waals surface area contributed by atoms with Crippen LogP contribution in [0.15, 0.2) is 58.5 Å². The van der Waals surface area contributed by atoms with Gasteiger partial charge in [-0.05, 0) is 36.4 Å². The summed E-state index contributed by atoms with van der Waals surface area (Å²) in [5.74, 6) is -0.689. The molecule has 4 rings (SSSR count). The number of hydrogen-bond donors (Lipinski definition) is 1. The maximum Gasteiger partial charge on any atom is 0.319 e. The van der Waals surface area contributed by atoms with Crippen LogP contribution in [0.3, 0.4) is 0 Å². The fourth-order valence-corrected chi connectivity index (χ4v) is 4.96. The molecule has 1 aromatic heterocycles. The summed E-state index contributed by atoms with van der Waals surface area (Å²) in [6.45, 7) is 0.110. The molecule has 1 aliphatic rings. The van der Waals surface area contributed by atoms with Crippen LogP contribution in [-0.4, -0.2) is 39.2 Å². The molecule has 28 heavy (non-hydrogen) atoms. The molecule has 9 heteroatoms. The van der Waals surface area contributed by atoms with Gasteiger partial charge >= 0.3 is 6.55 Å². The molecular weight excluding hydrogens is 391 g/mol. The predicted octanol–water partition coefficient (Wildman–Crippen LogP) is 3.42. The molecule has 1 fully saturated rings. The van der Waals surface area contributed by atoms with Gasteiger partial charge in [0, 0.05) is 43.4 Å². The molecule has 3 aromatic rings. The minimum Gasteiger partial charge on any atom is -0.369 e. The Morgan fingerprint density at radius 3 is 2.50 bits per heavy atom. The van der Waals surface area contributed by atoms with Crippen molar-refractivity contribution in [3.05, 3.63) is 54.5 Å². The number of benzene rings is 2. The molecule has 1 saturated heterocycles. The Bertz CT molecular complexity index is 1120. The van der Waals surface area contributed by atoms with Crippen molar-refractivity contribution in [2.24, 2.45) is 0 Å². The van der Waals surface area contributed by atoms with E-state index in [0.29, 0.717) is 4.57 Å². The van der Waals surface area contributed by atoms with Crippen LogP contribution in [0.4, 0.5) is 18.9 Å². The molecule has 0 aliphatic carbocycles.